The van der Waals surface area contributed by atoms with Crippen molar-refractivity contribution >= 4 is 34.3 Å². The largest absolute Gasteiger partial charge is 0.351 e. The molecule has 1 fully saturated rings. The second-order valence-corrected chi connectivity index (χ2v) is 7.70. The van der Waals surface area contributed by atoms with Crippen LogP contribution in [0.15, 0.2) is 24.5 Å². The van der Waals surface area contributed by atoms with E-state index in [1.165, 1.54) is 0 Å². The molecule has 1 aliphatic heterocycles. The highest BCUT2D eigenvalue weighted by atomic mass is 16.6. The molecular weight excluding hydrogens is 372 g/mol. The number of nitrogens with two attached hydrogens (primary N) is 1. The molecule has 2 aromatic heterocycles. The second kappa shape index (κ2) is 6.96. The van der Waals surface area contributed by atoms with E-state index in [0.29, 0.717) is 24.0 Å². The summed E-state index contributed by atoms with van der Waals surface area (Å²) in [4.78, 5) is 29.6. The quantitative estimate of drug-likeness (QED) is 0.453. The van der Waals surface area contributed by atoms with Crippen LogP contribution in [0.1, 0.15) is 31.2 Å². The van der Waals surface area contributed by atoms with Crippen LogP contribution in [0.3, 0.4) is 0 Å². The summed E-state index contributed by atoms with van der Waals surface area (Å²) in [5, 5.41) is 14.7. The molecule has 0 unspecified atom stereocenters. The van der Waals surface area contributed by atoms with Crippen LogP contribution < -0.4 is 16.0 Å². The molecule has 10 heteroatoms. The van der Waals surface area contributed by atoms with Gasteiger partial charge in [0.1, 0.15) is 5.52 Å². The van der Waals surface area contributed by atoms with Crippen LogP contribution in [-0.4, -0.2) is 43.5 Å². The van der Waals surface area contributed by atoms with Crippen molar-refractivity contribution in [2.45, 2.75) is 44.2 Å². The van der Waals surface area contributed by atoms with Gasteiger partial charge in [0.15, 0.2) is 11.5 Å². The number of non-ortho nitro benzene ring substituents is 1. The van der Waals surface area contributed by atoms with Crippen molar-refractivity contribution in [2.24, 2.45) is 5.73 Å². The molecule has 3 aromatic rings. The van der Waals surface area contributed by atoms with Crippen LogP contribution in [-0.2, 0) is 6.42 Å². The average molecular weight is 394 g/mol. The van der Waals surface area contributed by atoms with Crippen LogP contribution >= 0.6 is 0 Å². The topological polar surface area (TPSA) is 139 Å². The minimum atomic E-state index is -0.372. The first kappa shape index (κ1) is 17.8. The van der Waals surface area contributed by atoms with Gasteiger partial charge in [-0.1, -0.05) is 6.07 Å². The van der Waals surface area contributed by atoms with Gasteiger partial charge in [0, 0.05) is 30.8 Å². The molecule has 2 aliphatic rings. The number of fused-ring (bicyclic) bond motifs is 2. The van der Waals surface area contributed by atoms with Crippen molar-refractivity contribution in [1.29, 1.82) is 0 Å². The molecule has 0 radical (unpaired) electrons. The number of aromatic nitrogens is 4. The summed E-state index contributed by atoms with van der Waals surface area (Å²) in [7, 11) is 0. The number of aromatic amines is 1. The highest BCUT2D eigenvalue weighted by Gasteiger charge is 2.27. The molecule has 5 rings (SSSR count). The molecule has 10 nitrogen and oxygen atoms in total. The van der Waals surface area contributed by atoms with E-state index in [9.17, 15) is 10.1 Å². The van der Waals surface area contributed by atoms with Crippen LogP contribution in [0.4, 0.5) is 23.1 Å². The summed E-state index contributed by atoms with van der Waals surface area (Å²) >= 11 is 0. The lowest BCUT2D eigenvalue weighted by Gasteiger charge is -2.27. The average Bonchev–Trinajstić information content (AvgIpc) is 3.35. The first-order chi connectivity index (χ1) is 14.1. The molecule has 0 amide bonds. The highest BCUT2D eigenvalue weighted by Crippen LogP contribution is 2.38. The zero-order chi connectivity index (χ0) is 20.0. The van der Waals surface area contributed by atoms with Gasteiger partial charge in [-0.15, -0.1) is 0 Å². The third kappa shape index (κ3) is 3.25. The summed E-state index contributed by atoms with van der Waals surface area (Å²) < 4.78 is 0. The SMILES string of the molecule is NC1CCC(Nc2nc(N3CCc4ccc([N+](=O)[O-])cc43)c3[nH]cnc3n2)CC1. The maximum atomic E-state index is 11.2. The Labute approximate surface area is 166 Å². The number of H-pyrrole nitrogens is 1. The minimum Gasteiger partial charge on any atom is -0.351 e. The Morgan fingerprint density at radius 2 is 2.07 bits per heavy atom. The number of hydrogen-bond acceptors (Lipinski definition) is 8. The van der Waals surface area contributed by atoms with Gasteiger partial charge in [-0.2, -0.15) is 9.97 Å². The van der Waals surface area contributed by atoms with E-state index >= 15 is 0 Å². The number of nitro benzene ring substituents is 1. The molecule has 0 saturated heterocycles. The Hall–Kier alpha value is -3.27. The van der Waals surface area contributed by atoms with Gasteiger partial charge in [-0.05, 0) is 37.7 Å². The molecule has 29 heavy (non-hydrogen) atoms. The molecule has 150 valence electrons. The molecule has 3 heterocycles. The van der Waals surface area contributed by atoms with Crippen molar-refractivity contribution in [3.05, 3.63) is 40.2 Å². The fourth-order valence-electron chi connectivity index (χ4n) is 4.23. The maximum absolute atomic E-state index is 11.2. The van der Waals surface area contributed by atoms with Gasteiger partial charge >= 0.3 is 0 Å². The van der Waals surface area contributed by atoms with E-state index in [1.807, 2.05) is 11.0 Å². The summed E-state index contributed by atoms with van der Waals surface area (Å²) in [6.07, 6.45) is 6.33. The van der Waals surface area contributed by atoms with Crippen molar-refractivity contribution in [3.8, 4) is 0 Å². The molecule has 1 saturated carbocycles. The van der Waals surface area contributed by atoms with Gasteiger partial charge in [-0.3, -0.25) is 10.1 Å². The minimum absolute atomic E-state index is 0.0717. The number of hydrogen-bond donors (Lipinski definition) is 3. The van der Waals surface area contributed by atoms with Gasteiger partial charge in [0.25, 0.3) is 5.69 Å². The number of nitro groups is 1. The molecule has 0 spiro atoms. The fourth-order valence-corrected chi connectivity index (χ4v) is 4.23. The van der Waals surface area contributed by atoms with Gasteiger partial charge in [-0.25, -0.2) is 4.98 Å². The lowest BCUT2D eigenvalue weighted by Crippen LogP contribution is -2.33. The van der Waals surface area contributed by atoms with Crippen molar-refractivity contribution in [3.63, 3.8) is 0 Å². The number of benzene rings is 1. The second-order valence-electron chi connectivity index (χ2n) is 7.70. The summed E-state index contributed by atoms with van der Waals surface area (Å²) in [5.41, 5.74) is 9.25. The first-order valence-electron chi connectivity index (χ1n) is 9.86. The molecular formula is C19H22N8O2. The molecule has 1 aromatic carbocycles. The zero-order valence-electron chi connectivity index (χ0n) is 15.8. The van der Waals surface area contributed by atoms with Crippen LogP contribution in [0.5, 0.6) is 0 Å². The number of rotatable bonds is 4. The Balaban J connectivity index is 1.52. The third-order valence-corrected chi connectivity index (χ3v) is 5.80. The van der Waals surface area contributed by atoms with Gasteiger partial charge in [0.05, 0.1) is 16.9 Å². The summed E-state index contributed by atoms with van der Waals surface area (Å²) in [6.45, 7) is 0.694. The zero-order valence-corrected chi connectivity index (χ0v) is 15.8. The number of nitrogens with zero attached hydrogens (tertiary/aromatic N) is 5. The lowest BCUT2D eigenvalue weighted by molar-refractivity contribution is -0.384. The van der Waals surface area contributed by atoms with E-state index in [2.05, 4.69) is 20.3 Å². The van der Waals surface area contributed by atoms with E-state index in [-0.39, 0.29) is 22.7 Å². The van der Waals surface area contributed by atoms with Crippen LogP contribution in [0.25, 0.3) is 11.2 Å². The lowest BCUT2D eigenvalue weighted by atomic mass is 9.92. The summed E-state index contributed by atoms with van der Waals surface area (Å²) in [6, 6.07) is 5.54. The van der Waals surface area contributed by atoms with Crippen molar-refractivity contribution in [1.82, 2.24) is 19.9 Å². The van der Waals surface area contributed by atoms with Gasteiger partial charge < -0.3 is 20.9 Å². The van der Waals surface area contributed by atoms with Crippen molar-refractivity contribution in [2.75, 3.05) is 16.8 Å². The summed E-state index contributed by atoms with van der Waals surface area (Å²) in [5.74, 6) is 1.21. The van der Waals surface area contributed by atoms with E-state index in [1.54, 1.807) is 18.5 Å². The number of anilines is 3. The molecule has 1 aliphatic carbocycles. The Kier molecular flexibility index (Phi) is 4.27. The molecule has 0 bridgehead atoms. The normalized spacial score (nSPS) is 21.3. The van der Waals surface area contributed by atoms with Gasteiger partial charge in [0.2, 0.25) is 5.95 Å². The predicted molar refractivity (Wildman–Crippen MR) is 109 cm³/mol. The molecule has 0 atom stereocenters. The standard InChI is InChI=1S/C19H22N8O2/c20-12-2-4-13(5-3-12)23-19-24-17-16(21-10-22-17)18(25-19)26-8-7-11-1-6-14(27(28)29)9-15(11)26/h1,6,9-10,12-13H,2-5,7-8,20H2,(H2,21,22,23,24,25). The van der Waals surface area contributed by atoms with E-state index in [4.69, 9.17) is 10.7 Å². The van der Waals surface area contributed by atoms with Crippen LogP contribution in [0.2, 0.25) is 0 Å². The first-order valence-corrected chi connectivity index (χ1v) is 9.86. The molecule has 4 N–H and O–H groups in total. The maximum Gasteiger partial charge on any atom is 0.271 e. The highest BCUT2D eigenvalue weighted by molar-refractivity contribution is 5.88. The number of nitrogens with one attached hydrogen (secondary N) is 2. The predicted octanol–water partition coefficient (Wildman–Crippen LogP) is 2.64. The van der Waals surface area contributed by atoms with E-state index in [0.717, 1.165) is 48.9 Å². The monoisotopic (exact) mass is 394 g/mol. The Morgan fingerprint density at radius 3 is 2.86 bits per heavy atom. The third-order valence-electron chi connectivity index (χ3n) is 5.80. The van der Waals surface area contributed by atoms with Crippen molar-refractivity contribution < 1.29 is 4.92 Å². The van der Waals surface area contributed by atoms with E-state index < -0.39 is 0 Å². The Bertz CT molecular complexity index is 1070. The van der Waals surface area contributed by atoms with Crippen LogP contribution in [0, 0.1) is 10.1 Å². The smallest absolute Gasteiger partial charge is 0.271 e. The Morgan fingerprint density at radius 1 is 1.24 bits per heavy atom. The number of imidazole rings is 1. The fraction of sp³-hybridized carbons (Fsp3) is 0.421.